The molecule has 0 amide bonds. The zero-order valence-corrected chi connectivity index (χ0v) is 9.15. The third-order valence-electron chi connectivity index (χ3n) is 1.64. The molecule has 1 nitrogen and oxygen atoms in total. The van der Waals surface area contributed by atoms with E-state index in [0.717, 1.165) is 12.1 Å². The molecule has 0 aliphatic heterocycles. The molecule has 1 aromatic carbocycles. The summed E-state index contributed by atoms with van der Waals surface area (Å²) in [4.78, 5) is 0. The number of rotatable bonds is 2. The molecule has 0 saturated heterocycles. The van der Waals surface area contributed by atoms with Gasteiger partial charge in [0.1, 0.15) is 0 Å². The molecule has 0 saturated carbocycles. The molecule has 4 heteroatoms. The molecule has 1 rings (SSSR count). The van der Waals surface area contributed by atoms with E-state index in [4.69, 9.17) is 0 Å². The van der Waals surface area contributed by atoms with Crippen molar-refractivity contribution in [1.82, 2.24) is 5.32 Å². The van der Waals surface area contributed by atoms with Crippen molar-refractivity contribution in [1.29, 1.82) is 0 Å². The van der Waals surface area contributed by atoms with Gasteiger partial charge in [0.05, 0.1) is 5.56 Å². The van der Waals surface area contributed by atoms with E-state index >= 15 is 0 Å². The van der Waals surface area contributed by atoms with Gasteiger partial charge in [-0.2, -0.15) is 13.2 Å². The minimum Gasteiger partial charge on any atom is -0.316 e. The molecule has 0 aliphatic rings. The summed E-state index contributed by atoms with van der Waals surface area (Å²) in [7, 11) is 1.69. The van der Waals surface area contributed by atoms with Gasteiger partial charge in [-0.1, -0.05) is 32.0 Å². The zero-order chi connectivity index (χ0) is 11.9. The Kier molecular flexibility index (Phi) is 6.01. The lowest BCUT2D eigenvalue weighted by atomic mass is 10.1. The predicted molar refractivity (Wildman–Crippen MR) is 55.6 cm³/mol. The summed E-state index contributed by atoms with van der Waals surface area (Å²) in [5.74, 6) is 0. The largest absolute Gasteiger partial charge is 0.416 e. The molecule has 0 fully saturated rings. The first-order valence-corrected chi connectivity index (χ1v) is 4.85. The highest BCUT2D eigenvalue weighted by atomic mass is 19.4. The number of halogens is 3. The highest BCUT2D eigenvalue weighted by Gasteiger charge is 2.30. The molecule has 86 valence electrons. The third kappa shape index (κ3) is 4.83. The first kappa shape index (κ1) is 14.0. The van der Waals surface area contributed by atoms with E-state index in [2.05, 4.69) is 5.32 Å². The monoisotopic (exact) mass is 219 g/mol. The van der Waals surface area contributed by atoms with Crippen LogP contribution in [0.5, 0.6) is 0 Å². The Bertz CT molecular complexity index is 281. The second-order valence-electron chi connectivity index (χ2n) is 2.73. The first-order chi connectivity index (χ1) is 7.04. The van der Waals surface area contributed by atoms with Crippen LogP contribution in [0.1, 0.15) is 25.0 Å². The SMILES string of the molecule is CC.CNCc1cccc(C(F)(F)F)c1. The summed E-state index contributed by atoms with van der Waals surface area (Å²) in [6.45, 7) is 4.45. The van der Waals surface area contributed by atoms with Gasteiger partial charge in [-0.25, -0.2) is 0 Å². The van der Waals surface area contributed by atoms with Crippen LogP contribution in [-0.2, 0) is 12.7 Å². The molecule has 0 radical (unpaired) electrons. The fourth-order valence-electron chi connectivity index (χ4n) is 1.06. The van der Waals surface area contributed by atoms with Gasteiger partial charge >= 0.3 is 6.18 Å². The average molecular weight is 219 g/mol. The highest BCUT2D eigenvalue weighted by Crippen LogP contribution is 2.29. The summed E-state index contributed by atoms with van der Waals surface area (Å²) in [5.41, 5.74) is 0.0394. The molecule has 15 heavy (non-hydrogen) atoms. The Hall–Kier alpha value is -1.03. The van der Waals surface area contributed by atoms with Gasteiger partial charge in [0, 0.05) is 6.54 Å². The van der Waals surface area contributed by atoms with Gasteiger partial charge in [0.2, 0.25) is 0 Å². The van der Waals surface area contributed by atoms with Gasteiger partial charge in [0.15, 0.2) is 0 Å². The van der Waals surface area contributed by atoms with Crippen molar-refractivity contribution in [3.63, 3.8) is 0 Å². The number of hydrogen-bond donors (Lipinski definition) is 1. The molecule has 0 aliphatic carbocycles. The van der Waals surface area contributed by atoms with E-state index < -0.39 is 11.7 Å². The van der Waals surface area contributed by atoms with E-state index in [0.29, 0.717) is 12.1 Å². The number of nitrogens with one attached hydrogen (secondary N) is 1. The van der Waals surface area contributed by atoms with Gasteiger partial charge in [-0.15, -0.1) is 0 Å². The smallest absolute Gasteiger partial charge is 0.316 e. The normalized spacial score (nSPS) is 10.5. The van der Waals surface area contributed by atoms with Crippen molar-refractivity contribution in [2.24, 2.45) is 0 Å². The second kappa shape index (κ2) is 6.45. The Morgan fingerprint density at radius 2 is 1.80 bits per heavy atom. The molecular weight excluding hydrogens is 203 g/mol. The maximum Gasteiger partial charge on any atom is 0.416 e. The van der Waals surface area contributed by atoms with Crippen molar-refractivity contribution in [3.8, 4) is 0 Å². The summed E-state index contributed by atoms with van der Waals surface area (Å²) in [6.07, 6.45) is -4.25. The van der Waals surface area contributed by atoms with Gasteiger partial charge in [0.25, 0.3) is 0 Å². The van der Waals surface area contributed by atoms with Crippen molar-refractivity contribution < 1.29 is 13.2 Å². The van der Waals surface area contributed by atoms with Gasteiger partial charge in [-0.3, -0.25) is 0 Å². The minimum absolute atomic E-state index is 0.448. The number of alkyl halides is 3. The van der Waals surface area contributed by atoms with Crippen molar-refractivity contribution >= 4 is 0 Å². The van der Waals surface area contributed by atoms with Crippen LogP contribution in [0.25, 0.3) is 0 Å². The Balaban J connectivity index is 0.000000921. The molecule has 0 heterocycles. The van der Waals surface area contributed by atoms with E-state index in [1.165, 1.54) is 6.07 Å². The lowest BCUT2D eigenvalue weighted by molar-refractivity contribution is -0.137. The van der Waals surface area contributed by atoms with E-state index in [-0.39, 0.29) is 0 Å². The molecule has 1 aromatic rings. The molecule has 0 unspecified atom stereocenters. The molecule has 0 bridgehead atoms. The van der Waals surface area contributed by atoms with Crippen LogP contribution in [0, 0.1) is 0 Å². The number of hydrogen-bond acceptors (Lipinski definition) is 1. The lowest BCUT2D eigenvalue weighted by Crippen LogP contribution is -2.08. The van der Waals surface area contributed by atoms with E-state index in [1.807, 2.05) is 13.8 Å². The Labute approximate surface area is 88.3 Å². The maximum atomic E-state index is 12.2. The van der Waals surface area contributed by atoms with Gasteiger partial charge < -0.3 is 5.32 Å². The first-order valence-electron chi connectivity index (χ1n) is 4.85. The minimum atomic E-state index is -4.25. The molecule has 0 spiro atoms. The summed E-state index contributed by atoms with van der Waals surface area (Å²) < 4.78 is 36.6. The van der Waals surface area contributed by atoms with Crippen LogP contribution < -0.4 is 5.32 Å². The molecule has 0 atom stereocenters. The fraction of sp³-hybridized carbons (Fsp3) is 0.455. The van der Waals surface area contributed by atoms with Crippen molar-refractivity contribution in [2.45, 2.75) is 26.6 Å². The van der Waals surface area contributed by atoms with Crippen molar-refractivity contribution in [3.05, 3.63) is 35.4 Å². The van der Waals surface area contributed by atoms with E-state index in [9.17, 15) is 13.2 Å². The third-order valence-corrected chi connectivity index (χ3v) is 1.64. The fourth-order valence-corrected chi connectivity index (χ4v) is 1.06. The quantitative estimate of drug-likeness (QED) is 0.803. The van der Waals surface area contributed by atoms with Crippen LogP contribution in [0.4, 0.5) is 13.2 Å². The summed E-state index contributed by atoms with van der Waals surface area (Å²) >= 11 is 0. The maximum absolute atomic E-state index is 12.2. The van der Waals surface area contributed by atoms with Crippen LogP contribution >= 0.6 is 0 Å². The predicted octanol–water partition coefficient (Wildman–Crippen LogP) is 3.45. The van der Waals surface area contributed by atoms with Crippen LogP contribution in [0.3, 0.4) is 0 Å². The van der Waals surface area contributed by atoms with E-state index in [1.54, 1.807) is 13.1 Å². The summed E-state index contributed by atoms with van der Waals surface area (Å²) in [6, 6.07) is 5.29. The Morgan fingerprint density at radius 1 is 1.20 bits per heavy atom. The zero-order valence-electron chi connectivity index (χ0n) is 9.15. The van der Waals surface area contributed by atoms with Crippen molar-refractivity contribution in [2.75, 3.05) is 7.05 Å². The standard InChI is InChI=1S/C9H10F3N.C2H6/c1-13-6-7-3-2-4-8(5-7)9(10,11)12;1-2/h2-5,13H,6H2,1H3;1-2H3. The number of benzene rings is 1. The Morgan fingerprint density at radius 3 is 2.27 bits per heavy atom. The van der Waals surface area contributed by atoms with Crippen LogP contribution in [-0.4, -0.2) is 7.05 Å². The lowest BCUT2D eigenvalue weighted by Gasteiger charge is -2.07. The summed E-state index contributed by atoms with van der Waals surface area (Å²) in [5, 5.41) is 2.80. The van der Waals surface area contributed by atoms with Crippen LogP contribution in [0.2, 0.25) is 0 Å². The molecule has 0 aromatic heterocycles. The molecule has 1 N–H and O–H groups in total. The highest BCUT2D eigenvalue weighted by molar-refractivity contribution is 5.25. The van der Waals surface area contributed by atoms with Gasteiger partial charge in [-0.05, 0) is 18.7 Å². The second-order valence-corrected chi connectivity index (χ2v) is 2.73. The average Bonchev–Trinajstić information content (AvgIpc) is 2.21. The van der Waals surface area contributed by atoms with Crippen LogP contribution in [0.15, 0.2) is 24.3 Å². The topological polar surface area (TPSA) is 12.0 Å². The molecular formula is C11H16F3N.